The van der Waals surface area contributed by atoms with Gasteiger partial charge in [0.1, 0.15) is 6.04 Å². The Bertz CT molecular complexity index is 555. The molecule has 0 aliphatic heterocycles. The molecule has 4 rings (SSSR count). The van der Waals surface area contributed by atoms with Crippen LogP contribution in [0.2, 0.25) is 0 Å². The number of rotatable bonds is 7. The van der Waals surface area contributed by atoms with Crippen LogP contribution in [0.5, 0.6) is 0 Å². The SMILES string of the molecule is CC(C)C(NC(=O)C12CC3CC(CC(C3)C1)C2)C(=O)N(C)CC(C)(C)CN.Cl. The fourth-order valence-electron chi connectivity index (χ4n) is 6.22. The third kappa shape index (κ3) is 4.67. The van der Waals surface area contributed by atoms with Gasteiger partial charge in [-0.25, -0.2) is 0 Å². The van der Waals surface area contributed by atoms with E-state index in [1.807, 2.05) is 20.9 Å². The van der Waals surface area contributed by atoms with Crippen molar-refractivity contribution in [2.45, 2.75) is 72.3 Å². The predicted molar refractivity (Wildman–Crippen MR) is 115 cm³/mol. The van der Waals surface area contributed by atoms with Crippen LogP contribution in [0.4, 0.5) is 0 Å². The lowest BCUT2D eigenvalue weighted by atomic mass is 9.49. The molecule has 5 nitrogen and oxygen atoms in total. The van der Waals surface area contributed by atoms with Gasteiger partial charge in [0.2, 0.25) is 11.8 Å². The summed E-state index contributed by atoms with van der Waals surface area (Å²) in [6.07, 6.45) is 7.03. The van der Waals surface area contributed by atoms with Crippen molar-refractivity contribution < 1.29 is 9.59 Å². The molecule has 28 heavy (non-hydrogen) atoms. The third-order valence-electron chi connectivity index (χ3n) is 7.33. The van der Waals surface area contributed by atoms with Crippen LogP contribution in [0, 0.1) is 34.5 Å². The second-order valence-corrected chi connectivity index (χ2v) is 11.0. The molecule has 0 aromatic carbocycles. The van der Waals surface area contributed by atoms with E-state index < -0.39 is 6.04 Å². The molecule has 0 radical (unpaired) electrons. The molecule has 2 amide bonds. The molecule has 4 bridgehead atoms. The molecule has 0 saturated heterocycles. The monoisotopic (exact) mass is 413 g/mol. The minimum absolute atomic E-state index is 0. The van der Waals surface area contributed by atoms with Crippen molar-refractivity contribution in [2.75, 3.05) is 20.1 Å². The van der Waals surface area contributed by atoms with E-state index in [-0.39, 0.29) is 41.0 Å². The number of carbonyl (C=O) groups excluding carboxylic acids is 2. The van der Waals surface area contributed by atoms with Gasteiger partial charge in [0.25, 0.3) is 0 Å². The Morgan fingerprint density at radius 1 is 1.11 bits per heavy atom. The van der Waals surface area contributed by atoms with Gasteiger partial charge < -0.3 is 16.0 Å². The summed E-state index contributed by atoms with van der Waals surface area (Å²) in [7, 11) is 1.83. The quantitative estimate of drug-likeness (QED) is 0.672. The first-order valence-electron chi connectivity index (χ1n) is 10.8. The number of nitrogens with two attached hydrogens (primary N) is 1. The Balaban J connectivity index is 0.00000280. The smallest absolute Gasteiger partial charge is 0.245 e. The van der Waals surface area contributed by atoms with E-state index in [2.05, 4.69) is 19.2 Å². The largest absolute Gasteiger partial charge is 0.344 e. The van der Waals surface area contributed by atoms with E-state index >= 15 is 0 Å². The summed E-state index contributed by atoms with van der Waals surface area (Å²) in [4.78, 5) is 28.2. The van der Waals surface area contributed by atoms with E-state index in [0.717, 1.165) is 37.0 Å². The number of amides is 2. The molecule has 6 heteroatoms. The summed E-state index contributed by atoms with van der Waals surface area (Å²) in [6.45, 7) is 9.29. The zero-order valence-corrected chi connectivity index (χ0v) is 19.1. The number of nitrogens with zero attached hydrogens (tertiary/aromatic N) is 1. The van der Waals surface area contributed by atoms with Crippen LogP contribution in [-0.2, 0) is 9.59 Å². The van der Waals surface area contributed by atoms with Crippen molar-refractivity contribution in [1.82, 2.24) is 10.2 Å². The topological polar surface area (TPSA) is 75.4 Å². The van der Waals surface area contributed by atoms with Gasteiger partial charge in [-0.2, -0.15) is 0 Å². The first-order valence-corrected chi connectivity index (χ1v) is 10.8. The average Bonchev–Trinajstić information content (AvgIpc) is 2.57. The number of carbonyl (C=O) groups is 2. The van der Waals surface area contributed by atoms with Crippen molar-refractivity contribution in [1.29, 1.82) is 0 Å². The second-order valence-electron chi connectivity index (χ2n) is 11.0. The summed E-state index contributed by atoms with van der Waals surface area (Å²) >= 11 is 0. The predicted octanol–water partition coefficient (Wildman–Crippen LogP) is 3.21. The summed E-state index contributed by atoms with van der Waals surface area (Å²) < 4.78 is 0. The highest BCUT2D eigenvalue weighted by atomic mass is 35.5. The van der Waals surface area contributed by atoms with E-state index in [0.29, 0.717) is 13.1 Å². The van der Waals surface area contributed by atoms with Crippen LogP contribution >= 0.6 is 12.4 Å². The molecule has 0 aromatic heterocycles. The summed E-state index contributed by atoms with van der Waals surface area (Å²) in [5.74, 6) is 2.39. The molecule has 4 aliphatic rings. The average molecular weight is 414 g/mol. The molecule has 0 spiro atoms. The number of likely N-dealkylation sites (N-methyl/N-ethyl adjacent to an activating group) is 1. The molecule has 4 aliphatic carbocycles. The van der Waals surface area contributed by atoms with Gasteiger partial charge in [-0.1, -0.05) is 27.7 Å². The summed E-state index contributed by atoms with van der Waals surface area (Å²) in [6, 6.07) is -0.455. The highest BCUT2D eigenvalue weighted by molar-refractivity contribution is 5.90. The first kappa shape index (κ1) is 23.5. The first-order chi connectivity index (χ1) is 12.5. The fraction of sp³-hybridized carbons (Fsp3) is 0.909. The Labute approximate surface area is 177 Å². The Morgan fingerprint density at radius 3 is 1.96 bits per heavy atom. The van der Waals surface area contributed by atoms with Gasteiger partial charge in [-0.15, -0.1) is 12.4 Å². The summed E-state index contributed by atoms with van der Waals surface area (Å²) in [5.41, 5.74) is 5.49. The zero-order chi connectivity index (χ0) is 20.0. The van der Waals surface area contributed by atoms with Crippen LogP contribution < -0.4 is 11.1 Å². The Kier molecular flexibility index (Phi) is 7.13. The molecular formula is C22H40ClN3O2. The fourth-order valence-corrected chi connectivity index (χ4v) is 6.22. The highest BCUT2D eigenvalue weighted by Crippen LogP contribution is 2.60. The molecule has 0 heterocycles. The molecular weight excluding hydrogens is 374 g/mol. The van der Waals surface area contributed by atoms with Crippen LogP contribution in [0.25, 0.3) is 0 Å². The van der Waals surface area contributed by atoms with Crippen molar-refractivity contribution in [3.8, 4) is 0 Å². The van der Waals surface area contributed by atoms with Crippen molar-refractivity contribution in [3.63, 3.8) is 0 Å². The number of hydrogen-bond acceptors (Lipinski definition) is 3. The maximum absolute atomic E-state index is 13.4. The number of hydrogen-bond donors (Lipinski definition) is 2. The van der Waals surface area contributed by atoms with Gasteiger partial charge in [-0.3, -0.25) is 9.59 Å². The standard InChI is InChI=1S/C22H39N3O2.ClH/c1-14(2)18(19(26)25(5)13-21(3,4)12-23)24-20(27)22-9-15-6-16(10-22)8-17(7-15)11-22;/h14-18H,6-13,23H2,1-5H3,(H,24,27);1H. The third-order valence-corrected chi connectivity index (χ3v) is 7.33. The molecule has 162 valence electrons. The van der Waals surface area contributed by atoms with E-state index in [1.54, 1.807) is 4.90 Å². The minimum Gasteiger partial charge on any atom is -0.344 e. The molecule has 0 aromatic rings. The lowest BCUT2D eigenvalue weighted by Crippen LogP contribution is -2.59. The molecule has 3 N–H and O–H groups in total. The van der Waals surface area contributed by atoms with Crippen LogP contribution in [0.1, 0.15) is 66.2 Å². The maximum Gasteiger partial charge on any atom is 0.245 e. The van der Waals surface area contributed by atoms with Crippen LogP contribution in [0.3, 0.4) is 0 Å². The zero-order valence-electron chi connectivity index (χ0n) is 18.3. The summed E-state index contributed by atoms with van der Waals surface area (Å²) in [5, 5.41) is 3.20. The number of nitrogens with one attached hydrogen (secondary N) is 1. The van der Waals surface area contributed by atoms with E-state index in [1.165, 1.54) is 19.3 Å². The molecule has 1 atom stereocenters. The van der Waals surface area contributed by atoms with Crippen LogP contribution in [-0.4, -0.2) is 42.9 Å². The molecule has 1 unspecified atom stereocenters. The Morgan fingerprint density at radius 2 is 1.57 bits per heavy atom. The van der Waals surface area contributed by atoms with Gasteiger partial charge in [-0.05, 0) is 74.2 Å². The molecule has 4 saturated carbocycles. The van der Waals surface area contributed by atoms with E-state index in [4.69, 9.17) is 5.73 Å². The van der Waals surface area contributed by atoms with Crippen molar-refractivity contribution >= 4 is 24.2 Å². The second kappa shape index (κ2) is 8.51. The van der Waals surface area contributed by atoms with Crippen molar-refractivity contribution in [3.05, 3.63) is 0 Å². The highest BCUT2D eigenvalue weighted by Gasteiger charge is 2.55. The number of halogens is 1. The van der Waals surface area contributed by atoms with Crippen LogP contribution in [0.15, 0.2) is 0 Å². The minimum atomic E-state index is -0.455. The van der Waals surface area contributed by atoms with Gasteiger partial charge in [0.05, 0.1) is 0 Å². The van der Waals surface area contributed by atoms with Gasteiger partial charge >= 0.3 is 0 Å². The lowest BCUT2D eigenvalue weighted by Gasteiger charge is -2.56. The van der Waals surface area contributed by atoms with Crippen molar-refractivity contribution in [2.24, 2.45) is 40.2 Å². The van der Waals surface area contributed by atoms with Gasteiger partial charge in [0, 0.05) is 19.0 Å². The maximum atomic E-state index is 13.4. The lowest BCUT2D eigenvalue weighted by molar-refractivity contribution is -0.150. The van der Waals surface area contributed by atoms with E-state index in [9.17, 15) is 9.59 Å². The normalized spacial score (nSPS) is 32.0. The van der Waals surface area contributed by atoms with Gasteiger partial charge in [0.15, 0.2) is 0 Å². The Hall–Kier alpha value is -0.810. The molecule has 4 fully saturated rings.